The minimum Gasteiger partial charge on any atom is -0.497 e. The Morgan fingerprint density at radius 3 is 2.47 bits per heavy atom. The van der Waals surface area contributed by atoms with Crippen LogP contribution in [0.4, 0.5) is 0 Å². The van der Waals surface area contributed by atoms with Crippen molar-refractivity contribution in [2.24, 2.45) is 5.92 Å². The fraction of sp³-hybridized carbons (Fsp3) is 0.643. The second-order valence-electron chi connectivity index (χ2n) is 10.5. The highest BCUT2D eigenvalue weighted by atomic mass is 33.1. The Morgan fingerprint density at radius 1 is 1.13 bits per heavy atom. The average molecular weight is 564 g/mol. The molecule has 1 aromatic rings. The van der Waals surface area contributed by atoms with Gasteiger partial charge in [0.2, 0.25) is 17.6 Å². The summed E-state index contributed by atoms with van der Waals surface area (Å²) in [5.41, 5.74) is -0.492. The highest BCUT2D eigenvalue weighted by Crippen LogP contribution is 2.52. The molecule has 0 spiro atoms. The zero-order valence-electron chi connectivity index (χ0n) is 22.8. The molecule has 1 saturated heterocycles. The maximum Gasteiger partial charge on any atom is 0.289 e. The van der Waals surface area contributed by atoms with E-state index in [2.05, 4.69) is 16.0 Å². The third-order valence-corrected chi connectivity index (χ3v) is 10.0. The number of nitrogens with one attached hydrogen (secondary N) is 3. The summed E-state index contributed by atoms with van der Waals surface area (Å²) in [5, 5.41) is 9.04. The lowest BCUT2D eigenvalue weighted by Gasteiger charge is -2.24. The molecular formula is C28H41N3O5S2. The fourth-order valence-electron chi connectivity index (χ4n) is 4.89. The van der Waals surface area contributed by atoms with E-state index in [1.807, 2.05) is 47.6 Å². The lowest BCUT2D eigenvalue weighted by Crippen LogP contribution is -2.56. The molecule has 3 N–H and O–H groups in total. The predicted octanol–water partition coefficient (Wildman–Crippen LogP) is 3.99. The lowest BCUT2D eigenvalue weighted by atomic mass is 9.98. The van der Waals surface area contributed by atoms with Gasteiger partial charge in [-0.2, -0.15) is 0 Å². The molecule has 3 unspecified atom stereocenters. The Balaban J connectivity index is 1.67. The average Bonchev–Trinajstić information content (AvgIpc) is 3.37. The zero-order valence-corrected chi connectivity index (χ0v) is 24.5. The number of hydrogen-bond donors (Lipinski definition) is 3. The quantitative estimate of drug-likeness (QED) is 0.168. The first-order chi connectivity index (χ1) is 18.2. The second-order valence-corrected chi connectivity index (χ2v) is 13.3. The number of rotatable bonds is 15. The predicted molar refractivity (Wildman–Crippen MR) is 153 cm³/mol. The van der Waals surface area contributed by atoms with Gasteiger partial charge in [0.1, 0.15) is 17.3 Å². The number of amides is 3. The molecule has 0 radical (unpaired) electrons. The molecule has 38 heavy (non-hydrogen) atoms. The van der Waals surface area contributed by atoms with E-state index in [0.717, 1.165) is 24.8 Å². The van der Waals surface area contributed by atoms with Crippen LogP contribution in [-0.2, 0) is 19.2 Å². The van der Waals surface area contributed by atoms with Crippen LogP contribution in [0.1, 0.15) is 77.2 Å². The van der Waals surface area contributed by atoms with Crippen molar-refractivity contribution >= 4 is 45.1 Å². The van der Waals surface area contributed by atoms with E-state index >= 15 is 0 Å². The number of ether oxygens (including phenoxy) is 1. The molecule has 1 heterocycles. The van der Waals surface area contributed by atoms with E-state index in [4.69, 9.17) is 4.74 Å². The number of methoxy groups -OCH3 is 1. The van der Waals surface area contributed by atoms with Crippen LogP contribution in [0.5, 0.6) is 5.75 Å². The minimum absolute atomic E-state index is 0.148. The van der Waals surface area contributed by atoms with Gasteiger partial charge in [-0.15, -0.1) is 0 Å². The van der Waals surface area contributed by atoms with Crippen molar-refractivity contribution in [1.29, 1.82) is 0 Å². The van der Waals surface area contributed by atoms with Crippen molar-refractivity contribution in [1.82, 2.24) is 16.0 Å². The number of likely N-dealkylation sites (N-methyl/N-ethyl adjacent to an activating group) is 1. The first-order valence-corrected chi connectivity index (χ1v) is 15.9. The smallest absolute Gasteiger partial charge is 0.289 e. The van der Waals surface area contributed by atoms with E-state index in [9.17, 15) is 19.2 Å². The van der Waals surface area contributed by atoms with Gasteiger partial charge in [0.15, 0.2) is 0 Å². The molecule has 1 aliphatic carbocycles. The molecule has 8 nitrogen and oxygen atoms in total. The van der Waals surface area contributed by atoms with Crippen LogP contribution in [0, 0.1) is 5.92 Å². The highest BCUT2D eigenvalue weighted by molar-refractivity contribution is 8.77. The third kappa shape index (κ3) is 8.15. The fourth-order valence-corrected chi connectivity index (χ4v) is 7.92. The van der Waals surface area contributed by atoms with Crippen molar-refractivity contribution in [2.45, 2.75) is 88.5 Å². The van der Waals surface area contributed by atoms with Gasteiger partial charge in [-0.3, -0.25) is 19.2 Å². The second kappa shape index (κ2) is 14.3. The SMILES string of the molecule is CCNC(=O)C(=O)C1(NC(=O)[C@H](CC(C)C)NC(=O)CCCCC2CCSS2)CC1c1ccc(OC)cc1. The van der Waals surface area contributed by atoms with Gasteiger partial charge in [0, 0.05) is 29.9 Å². The largest absolute Gasteiger partial charge is 0.497 e. The number of Topliss-reactive ketones (excluding diaryl/α,β-unsaturated/α-hetero) is 1. The van der Waals surface area contributed by atoms with Crippen molar-refractivity contribution in [3.63, 3.8) is 0 Å². The Labute approximate surface area is 234 Å². The number of carbonyl (C=O) groups is 4. The van der Waals surface area contributed by atoms with Gasteiger partial charge in [0.25, 0.3) is 5.91 Å². The Hall–Kier alpha value is -2.20. The summed E-state index contributed by atoms with van der Waals surface area (Å²) in [5.74, 6) is -0.279. The highest BCUT2D eigenvalue weighted by Gasteiger charge is 2.63. The summed E-state index contributed by atoms with van der Waals surface area (Å²) < 4.78 is 5.23. The van der Waals surface area contributed by atoms with E-state index < -0.39 is 29.2 Å². The molecule has 210 valence electrons. The molecule has 1 saturated carbocycles. The topological polar surface area (TPSA) is 114 Å². The van der Waals surface area contributed by atoms with Crippen LogP contribution in [-0.4, -0.2) is 59.7 Å². The van der Waals surface area contributed by atoms with Crippen molar-refractivity contribution in [3.05, 3.63) is 29.8 Å². The van der Waals surface area contributed by atoms with Gasteiger partial charge >= 0.3 is 0 Å². The van der Waals surface area contributed by atoms with Crippen LogP contribution in [0.3, 0.4) is 0 Å². The number of hydrogen-bond acceptors (Lipinski definition) is 7. The summed E-state index contributed by atoms with van der Waals surface area (Å²) in [4.78, 5) is 52.1. The van der Waals surface area contributed by atoms with E-state index in [0.29, 0.717) is 36.8 Å². The summed E-state index contributed by atoms with van der Waals surface area (Å²) in [6.07, 6.45) is 5.23. The monoisotopic (exact) mass is 563 g/mol. The standard InChI is InChI=1S/C28H41N3O5S2/c1-5-29-27(35)25(33)28(17-22(28)19-10-12-20(36-4)13-11-19)31-26(34)23(16-18(2)3)30-24(32)9-7-6-8-21-14-15-37-38-21/h10-13,18,21-23H,5-9,14-17H2,1-4H3,(H,29,35)(H,30,32)(H,31,34)/t21?,22?,23-,28?/m0/s1. The van der Waals surface area contributed by atoms with Gasteiger partial charge in [-0.05, 0) is 62.6 Å². The molecular weight excluding hydrogens is 522 g/mol. The summed E-state index contributed by atoms with van der Waals surface area (Å²) >= 11 is 0. The molecule has 4 atom stereocenters. The van der Waals surface area contributed by atoms with Gasteiger partial charge < -0.3 is 20.7 Å². The molecule has 0 aromatic heterocycles. The maximum atomic E-state index is 13.5. The van der Waals surface area contributed by atoms with E-state index in [-0.39, 0.29) is 17.7 Å². The minimum atomic E-state index is -1.33. The van der Waals surface area contributed by atoms with E-state index in [1.54, 1.807) is 26.2 Å². The van der Waals surface area contributed by atoms with Crippen molar-refractivity contribution in [2.75, 3.05) is 19.4 Å². The molecule has 3 rings (SSSR count). The molecule has 10 heteroatoms. The maximum absolute atomic E-state index is 13.5. The van der Waals surface area contributed by atoms with Crippen molar-refractivity contribution in [3.8, 4) is 5.75 Å². The lowest BCUT2D eigenvalue weighted by molar-refractivity contribution is -0.141. The Bertz CT molecular complexity index is 981. The number of carbonyl (C=O) groups excluding carboxylic acids is 4. The number of unbranched alkanes of at least 4 members (excludes halogenated alkanes) is 1. The normalized spacial score (nSPS) is 23.0. The van der Waals surface area contributed by atoms with Crippen LogP contribution >= 0.6 is 21.6 Å². The Kier molecular flexibility index (Phi) is 11.4. The van der Waals surface area contributed by atoms with Gasteiger partial charge in [-0.25, -0.2) is 0 Å². The molecule has 2 aliphatic rings. The first kappa shape index (κ1) is 30.3. The summed E-state index contributed by atoms with van der Waals surface area (Å²) in [6, 6.07) is 6.50. The van der Waals surface area contributed by atoms with Crippen LogP contribution in [0.15, 0.2) is 24.3 Å². The first-order valence-electron chi connectivity index (χ1n) is 13.6. The molecule has 1 aliphatic heterocycles. The van der Waals surface area contributed by atoms with Crippen LogP contribution < -0.4 is 20.7 Å². The van der Waals surface area contributed by atoms with Gasteiger partial charge in [-0.1, -0.05) is 54.0 Å². The summed E-state index contributed by atoms with van der Waals surface area (Å²) in [6.45, 7) is 6.02. The number of ketones is 1. The molecule has 1 aromatic carbocycles. The Morgan fingerprint density at radius 2 is 1.87 bits per heavy atom. The van der Waals surface area contributed by atoms with E-state index in [1.165, 1.54) is 12.2 Å². The van der Waals surface area contributed by atoms with Crippen LogP contribution in [0.2, 0.25) is 0 Å². The third-order valence-electron chi connectivity index (χ3n) is 7.04. The summed E-state index contributed by atoms with van der Waals surface area (Å²) in [7, 11) is 5.44. The van der Waals surface area contributed by atoms with Gasteiger partial charge in [0.05, 0.1) is 7.11 Å². The zero-order chi connectivity index (χ0) is 27.7. The molecule has 2 fully saturated rings. The molecule has 3 amide bonds. The van der Waals surface area contributed by atoms with Crippen LogP contribution in [0.25, 0.3) is 0 Å². The number of benzene rings is 1. The van der Waals surface area contributed by atoms with Crippen molar-refractivity contribution < 1.29 is 23.9 Å². The molecule has 0 bridgehead atoms.